The molecule has 0 radical (unpaired) electrons. The predicted octanol–water partition coefficient (Wildman–Crippen LogP) is 11.3. The zero-order valence-corrected chi connectivity index (χ0v) is 29.8. The van der Waals surface area contributed by atoms with Crippen molar-refractivity contribution in [1.82, 2.24) is 0 Å². The molecule has 1 aliphatic carbocycles. The lowest BCUT2D eigenvalue weighted by atomic mass is 9.93. The maximum Gasteiger partial charge on any atom is 0.306 e. The van der Waals surface area contributed by atoms with Crippen LogP contribution in [-0.2, 0) is 22.6 Å². The van der Waals surface area contributed by atoms with Gasteiger partial charge in [-0.25, -0.2) is 4.39 Å². The summed E-state index contributed by atoms with van der Waals surface area (Å²) in [6.45, 7) is 2.46. The van der Waals surface area contributed by atoms with Crippen LogP contribution in [0.1, 0.15) is 93.7 Å². The Morgan fingerprint density at radius 1 is 0.940 bits per heavy atom. The number of aryl methyl sites for hydroxylation is 1. The Balaban J connectivity index is 1.39. The smallest absolute Gasteiger partial charge is 0.306 e. The van der Waals surface area contributed by atoms with E-state index in [0.29, 0.717) is 47.8 Å². The minimum absolute atomic E-state index is 0.148. The molecule has 0 aromatic heterocycles. The number of carboxylic acids is 1. The molecule has 1 heterocycles. The van der Waals surface area contributed by atoms with Gasteiger partial charge in [0.05, 0.1) is 10.9 Å². The first kappa shape index (κ1) is 37.1. The fourth-order valence-electron chi connectivity index (χ4n) is 6.75. The molecule has 50 heavy (non-hydrogen) atoms. The van der Waals surface area contributed by atoms with Gasteiger partial charge in [0.2, 0.25) is 0 Å². The molecule has 1 atom stereocenters. The highest BCUT2D eigenvalue weighted by molar-refractivity contribution is 6.32. The highest BCUT2D eigenvalue weighted by atomic mass is 35.5. The number of ether oxygens (including phenoxy) is 2. The molecule has 5 nitrogen and oxygen atoms in total. The third-order valence-corrected chi connectivity index (χ3v) is 10.0. The predicted molar refractivity (Wildman–Crippen MR) is 198 cm³/mol. The van der Waals surface area contributed by atoms with Crippen LogP contribution in [0.15, 0.2) is 90.0 Å². The van der Waals surface area contributed by atoms with Crippen molar-refractivity contribution in [3.63, 3.8) is 0 Å². The number of hydrogen-bond acceptors (Lipinski definition) is 4. The Kier molecular flexibility index (Phi) is 13.9. The van der Waals surface area contributed by atoms with Gasteiger partial charge in [-0.2, -0.15) is 0 Å². The van der Waals surface area contributed by atoms with Crippen LogP contribution >= 0.6 is 11.6 Å². The average Bonchev–Trinajstić information content (AvgIpc) is 3.08. The molecule has 1 aliphatic heterocycles. The molecule has 0 saturated carbocycles. The van der Waals surface area contributed by atoms with Gasteiger partial charge in [-0.3, -0.25) is 9.59 Å². The fourth-order valence-corrected chi connectivity index (χ4v) is 6.99. The van der Waals surface area contributed by atoms with Crippen molar-refractivity contribution in [2.75, 3.05) is 6.61 Å². The van der Waals surface area contributed by atoms with Crippen molar-refractivity contribution in [3.8, 4) is 22.6 Å². The van der Waals surface area contributed by atoms with Crippen LogP contribution in [0.2, 0.25) is 5.02 Å². The number of carbonyl (C=O) groups is 2. The van der Waals surface area contributed by atoms with E-state index in [-0.39, 0.29) is 30.7 Å². The van der Waals surface area contributed by atoms with Gasteiger partial charge in [-0.15, -0.1) is 0 Å². The second-order valence-corrected chi connectivity index (χ2v) is 13.8. The van der Waals surface area contributed by atoms with Crippen molar-refractivity contribution in [2.24, 2.45) is 5.92 Å². The number of ketones is 1. The lowest BCUT2D eigenvalue weighted by Gasteiger charge is -2.18. The largest absolute Gasteiger partial charge is 0.488 e. The maximum absolute atomic E-state index is 14.6. The molecule has 3 aromatic rings. The summed E-state index contributed by atoms with van der Waals surface area (Å²) in [5.74, 6) is -0.0964. The first-order chi connectivity index (χ1) is 24.3. The van der Waals surface area contributed by atoms with Gasteiger partial charge in [0.1, 0.15) is 30.5 Å². The Hall–Kier alpha value is -4.16. The van der Waals surface area contributed by atoms with E-state index in [4.69, 9.17) is 21.1 Å². The van der Waals surface area contributed by atoms with E-state index in [1.54, 1.807) is 12.1 Å². The Morgan fingerprint density at radius 2 is 1.68 bits per heavy atom. The minimum Gasteiger partial charge on any atom is -0.488 e. The van der Waals surface area contributed by atoms with Crippen LogP contribution in [0.25, 0.3) is 11.1 Å². The maximum atomic E-state index is 14.6. The summed E-state index contributed by atoms with van der Waals surface area (Å²) >= 11 is 6.82. The monoisotopic (exact) mass is 698 g/mol. The first-order valence-corrected chi connectivity index (χ1v) is 18.4. The molecule has 0 amide bonds. The highest BCUT2D eigenvalue weighted by Crippen LogP contribution is 2.36. The molecular formula is C43H48ClFO5. The number of rotatable bonds is 5. The summed E-state index contributed by atoms with van der Waals surface area (Å²) < 4.78 is 27.4. The van der Waals surface area contributed by atoms with Crippen molar-refractivity contribution < 1.29 is 28.6 Å². The average molecular weight is 699 g/mol. The van der Waals surface area contributed by atoms with Gasteiger partial charge in [0.15, 0.2) is 5.78 Å². The first-order valence-electron chi connectivity index (χ1n) is 18.0. The van der Waals surface area contributed by atoms with Crippen molar-refractivity contribution in [2.45, 2.75) is 97.0 Å². The zero-order chi connectivity index (χ0) is 35.3. The molecule has 0 spiro atoms. The number of hydrogen-bond donors (Lipinski definition) is 1. The van der Waals surface area contributed by atoms with Gasteiger partial charge < -0.3 is 14.6 Å². The molecule has 264 valence electrons. The number of benzene rings is 3. The molecule has 7 heteroatoms. The highest BCUT2D eigenvalue weighted by Gasteiger charge is 2.19. The third-order valence-electron chi connectivity index (χ3n) is 9.75. The number of halogens is 2. The van der Waals surface area contributed by atoms with Crippen molar-refractivity contribution >= 4 is 23.4 Å². The van der Waals surface area contributed by atoms with Gasteiger partial charge in [0, 0.05) is 23.6 Å². The molecular weight excluding hydrogens is 651 g/mol. The lowest BCUT2D eigenvalue weighted by molar-refractivity contribution is -0.142. The Bertz CT molecular complexity index is 1740. The zero-order valence-electron chi connectivity index (χ0n) is 29.0. The summed E-state index contributed by atoms with van der Waals surface area (Å²) in [4.78, 5) is 25.2. The topological polar surface area (TPSA) is 72.8 Å². The minimum atomic E-state index is -0.728. The van der Waals surface area contributed by atoms with Gasteiger partial charge in [-0.1, -0.05) is 98.3 Å². The number of carboxylic acid groups (broad SMARTS) is 1. The van der Waals surface area contributed by atoms with Crippen molar-refractivity contribution in [1.29, 1.82) is 0 Å². The van der Waals surface area contributed by atoms with Crippen LogP contribution in [0, 0.1) is 18.7 Å². The Labute approximate surface area is 300 Å². The summed E-state index contributed by atoms with van der Waals surface area (Å²) in [5.41, 5.74) is 5.75. The van der Waals surface area contributed by atoms with Gasteiger partial charge >= 0.3 is 5.97 Å². The number of carbonyl (C=O) groups excluding carboxylic acids is 1. The van der Waals surface area contributed by atoms with Crippen LogP contribution in [0.3, 0.4) is 0 Å². The number of Topliss-reactive ketones (excluding diaryl/α,β-unsaturated/α-hetero) is 1. The SMILES string of the molecule is Cc1c(COc2cc3c(cc2Cl)CCCC[C@H](C(=O)O)CCCCCCCC(=O)C2=CCC/C=C\C(=C2)CO3)cccc1-c1ccccc1F. The fraction of sp³-hybridized carbons (Fsp3) is 0.395. The van der Waals surface area contributed by atoms with E-state index in [1.807, 2.05) is 61.5 Å². The molecule has 2 aliphatic rings. The molecule has 0 saturated heterocycles. The van der Waals surface area contributed by atoms with E-state index >= 15 is 0 Å². The summed E-state index contributed by atoms with van der Waals surface area (Å²) in [5, 5.41) is 10.3. The van der Waals surface area contributed by atoms with Crippen LogP contribution < -0.4 is 9.47 Å². The summed E-state index contributed by atoms with van der Waals surface area (Å²) in [6.07, 6.45) is 18.6. The summed E-state index contributed by atoms with van der Waals surface area (Å²) in [7, 11) is 0. The van der Waals surface area contributed by atoms with E-state index in [0.717, 1.165) is 91.2 Å². The van der Waals surface area contributed by atoms with Gasteiger partial charge in [0.25, 0.3) is 0 Å². The number of fused-ring (bicyclic) bond motifs is 2. The molecule has 5 rings (SSSR count). The van der Waals surface area contributed by atoms with E-state index in [2.05, 4.69) is 6.08 Å². The van der Waals surface area contributed by atoms with E-state index in [1.165, 1.54) is 6.07 Å². The quantitative estimate of drug-likeness (QED) is 0.287. The van der Waals surface area contributed by atoms with E-state index in [9.17, 15) is 19.1 Å². The van der Waals surface area contributed by atoms with Crippen LogP contribution in [0.5, 0.6) is 11.5 Å². The molecule has 1 N–H and O–H groups in total. The molecule has 2 bridgehead atoms. The Morgan fingerprint density at radius 3 is 2.50 bits per heavy atom. The number of aliphatic carboxylic acids is 1. The van der Waals surface area contributed by atoms with Gasteiger partial charge in [-0.05, 0) is 97.9 Å². The molecule has 0 fully saturated rings. The molecule has 3 aromatic carbocycles. The standard InChI is InChI=1S/C43H48ClFO5/c1-30-35(20-14-22-36(30)37-21-12-13-23-39(37)45)29-50-42-27-41-34(26-38(42)44)19-11-10-17-32(43(47)48)16-7-3-2-4-9-24-40(46)33-18-8-5-6-15-31(25-33)28-49-41/h6,12-15,18,20-23,25-27,32H,2-5,7-11,16-17,19,24,28-29H2,1H3,(H,47,48)/b15-6-,31-25?,33-18?/t32-/m1/s1. The number of allylic oxidation sites excluding steroid dienone is 4. The molecule has 0 unspecified atom stereocenters. The van der Waals surface area contributed by atoms with Crippen molar-refractivity contribution in [3.05, 3.63) is 118 Å². The van der Waals surface area contributed by atoms with Crippen LogP contribution in [0.4, 0.5) is 4.39 Å². The van der Waals surface area contributed by atoms with E-state index < -0.39 is 5.97 Å². The third kappa shape index (κ3) is 10.4. The summed E-state index contributed by atoms with van der Waals surface area (Å²) in [6, 6.07) is 16.2. The second-order valence-electron chi connectivity index (χ2n) is 13.4. The lowest BCUT2D eigenvalue weighted by Crippen LogP contribution is -2.13. The van der Waals surface area contributed by atoms with Crippen LogP contribution in [-0.4, -0.2) is 23.5 Å². The normalized spacial score (nSPS) is 19.0. The second kappa shape index (κ2) is 18.7.